The number of hydrogen-bond acceptors (Lipinski definition) is 3. The number of nitrogens with one attached hydrogen (secondary N) is 1. The Bertz CT molecular complexity index is 265. The molecule has 0 aliphatic carbocycles. The van der Waals surface area contributed by atoms with E-state index in [1.54, 1.807) is 11.8 Å². The smallest absolute Gasteiger partial charge is 0.0635 e. The van der Waals surface area contributed by atoms with Crippen LogP contribution in [0.4, 0.5) is 5.69 Å². The van der Waals surface area contributed by atoms with Crippen LogP contribution in [0.25, 0.3) is 0 Å². The predicted molar refractivity (Wildman–Crippen MR) is 55.7 cm³/mol. The topological polar surface area (TPSA) is 38.0 Å². The van der Waals surface area contributed by atoms with E-state index >= 15 is 0 Å². The van der Waals surface area contributed by atoms with Gasteiger partial charge in [0.1, 0.15) is 0 Å². The SMILES string of the molecule is CCSc1ccc(Cl)cc1NN. The van der Waals surface area contributed by atoms with E-state index in [4.69, 9.17) is 17.4 Å². The summed E-state index contributed by atoms with van der Waals surface area (Å²) < 4.78 is 0. The molecule has 0 saturated carbocycles. The third-order valence-corrected chi connectivity index (χ3v) is 2.59. The summed E-state index contributed by atoms with van der Waals surface area (Å²) in [4.78, 5) is 1.13. The molecule has 0 bridgehead atoms. The molecule has 0 fully saturated rings. The third kappa shape index (κ3) is 2.30. The molecule has 0 radical (unpaired) electrons. The second-order valence-electron chi connectivity index (χ2n) is 2.22. The molecule has 2 nitrogen and oxygen atoms in total. The number of hydrazine groups is 1. The summed E-state index contributed by atoms with van der Waals surface area (Å²) in [6.45, 7) is 2.10. The highest BCUT2D eigenvalue weighted by Gasteiger charge is 2.00. The van der Waals surface area contributed by atoms with Crippen LogP contribution in [-0.2, 0) is 0 Å². The van der Waals surface area contributed by atoms with Crippen molar-refractivity contribution >= 4 is 29.1 Å². The molecule has 0 unspecified atom stereocenters. The quantitative estimate of drug-likeness (QED) is 0.450. The Balaban J connectivity index is 2.94. The molecule has 0 saturated heterocycles. The van der Waals surface area contributed by atoms with Gasteiger partial charge < -0.3 is 5.43 Å². The van der Waals surface area contributed by atoms with E-state index in [1.807, 2.05) is 18.2 Å². The molecule has 0 atom stereocenters. The number of hydrogen-bond donors (Lipinski definition) is 2. The van der Waals surface area contributed by atoms with Crippen LogP contribution < -0.4 is 11.3 Å². The van der Waals surface area contributed by atoms with E-state index in [1.165, 1.54) is 0 Å². The first-order chi connectivity index (χ1) is 5.77. The molecule has 4 heteroatoms. The molecule has 0 aromatic heterocycles. The molecule has 0 aliphatic heterocycles. The summed E-state index contributed by atoms with van der Waals surface area (Å²) in [6, 6.07) is 5.64. The molecule has 0 spiro atoms. The number of rotatable bonds is 3. The fraction of sp³-hybridized carbons (Fsp3) is 0.250. The number of thioether (sulfide) groups is 1. The van der Waals surface area contributed by atoms with Crippen molar-refractivity contribution in [2.75, 3.05) is 11.2 Å². The molecular formula is C8H11ClN2S. The highest BCUT2D eigenvalue weighted by molar-refractivity contribution is 7.99. The van der Waals surface area contributed by atoms with Crippen LogP contribution in [0.3, 0.4) is 0 Å². The summed E-state index contributed by atoms with van der Waals surface area (Å²) >= 11 is 7.52. The number of nitrogens with two attached hydrogens (primary N) is 1. The molecular weight excluding hydrogens is 192 g/mol. The van der Waals surface area contributed by atoms with Crippen LogP contribution in [0.1, 0.15) is 6.92 Å². The molecule has 1 aromatic rings. The van der Waals surface area contributed by atoms with Crippen molar-refractivity contribution in [1.29, 1.82) is 0 Å². The first-order valence-corrected chi connectivity index (χ1v) is 5.03. The Labute approximate surface area is 81.4 Å². The number of benzene rings is 1. The Morgan fingerprint density at radius 2 is 2.33 bits per heavy atom. The van der Waals surface area contributed by atoms with E-state index in [2.05, 4.69) is 12.3 Å². The van der Waals surface area contributed by atoms with E-state index in [0.717, 1.165) is 16.3 Å². The minimum Gasteiger partial charge on any atom is -0.323 e. The van der Waals surface area contributed by atoms with Crippen molar-refractivity contribution in [3.8, 4) is 0 Å². The molecule has 66 valence electrons. The predicted octanol–water partition coefficient (Wildman–Crippen LogP) is 2.74. The highest BCUT2D eigenvalue weighted by Crippen LogP contribution is 2.28. The lowest BCUT2D eigenvalue weighted by Gasteiger charge is -2.06. The van der Waals surface area contributed by atoms with Crippen LogP contribution in [0.5, 0.6) is 0 Å². The Kier molecular flexibility index (Phi) is 3.72. The zero-order valence-electron chi connectivity index (χ0n) is 6.80. The average molecular weight is 203 g/mol. The van der Waals surface area contributed by atoms with Gasteiger partial charge in [0.05, 0.1) is 5.69 Å². The Morgan fingerprint density at radius 3 is 2.92 bits per heavy atom. The lowest BCUT2D eigenvalue weighted by Crippen LogP contribution is -2.07. The standard InChI is InChI=1S/C8H11ClN2S/c1-2-12-8-4-3-6(9)5-7(8)11-10/h3-5,11H,2,10H2,1H3. The maximum Gasteiger partial charge on any atom is 0.0635 e. The van der Waals surface area contributed by atoms with Crippen molar-refractivity contribution in [2.45, 2.75) is 11.8 Å². The first-order valence-electron chi connectivity index (χ1n) is 3.67. The van der Waals surface area contributed by atoms with Crippen LogP contribution in [0.2, 0.25) is 5.02 Å². The van der Waals surface area contributed by atoms with E-state index in [-0.39, 0.29) is 0 Å². The molecule has 3 N–H and O–H groups in total. The fourth-order valence-electron chi connectivity index (χ4n) is 0.896. The Morgan fingerprint density at radius 1 is 1.58 bits per heavy atom. The molecule has 1 rings (SSSR count). The second-order valence-corrected chi connectivity index (χ2v) is 3.96. The minimum atomic E-state index is 0.698. The number of halogens is 1. The Hall–Kier alpha value is -0.380. The fourth-order valence-corrected chi connectivity index (χ4v) is 1.82. The van der Waals surface area contributed by atoms with Crippen LogP contribution in [-0.4, -0.2) is 5.75 Å². The van der Waals surface area contributed by atoms with Crippen molar-refractivity contribution in [2.24, 2.45) is 5.84 Å². The van der Waals surface area contributed by atoms with Crippen molar-refractivity contribution in [3.63, 3.8) is 0 Å². The van der Waals surface area contributed by atoms with Gasteiger partial charge >= 0.3 is 0 Å². The van der Waals surface area contributed by atoms with Gasteiger partial charge in [-0.25, -0.2) is 0 Å². The third-order valence-electron chi connectivity index (χ3n) is 1.40. The van der Waals surface area contributed by atoms with Crippen LogP contribution in [0.15, 0.2) is 23.1 Å². The normalized spacial score (nSPS) is 9.92. The summed E-state index contributed by atoms with van der Waals surface area (Å²) in [6.07, 6.45) is 0. The summed E-state index contributed by atoms with van der Waals surface area (Å²) in [5.74, 6) is 6.35. The second kappa shape index (κ2) is 4.60. The van der Waals surface area contributed by atoms with Crippen LogP contribution in [0, 0.1) is 0 Å². The maximum atomic E-state index is 5.79. The molecule has 12 heavy (non-hydrogen) atoms. The molecule has 0 amide bonds. The highest BCUT2D eigenvalue weighted by atomic mass is 35.5. The van der Waals surface area contributed by atoms with Gasteiger partial charge in [-0.3, -0.25) is 5.84 Å². The minimum absolute atomic E-state index is 0.698. The largest absolute Gasteiger partial charge is 0.323 e. The zero-order valence-corrected chi connectivity index (χ0v) is 8.38. The first kappa shape index (κ1) is 9.71. The lowest BCUT2D eigenvalue weighted by atomic mass is 10.3. The van der Waals surface area contributed by atoms with Crippen molar-refractivity contribution in [3.05, 3.63) is 23.2 Å². The maximum absolute atomic E-state index is 5.79. The van der Waals surface area contributed by atoms with Gasteiger partial charge in [0.2, 0.25) is 0 Å². The van der Waals surface area contributed by atoms with Gasteiger partial charge in [0.15, 0.2) is 0 Å². The molecule has 1 aromatic carbocycles. The van der Waals surface area contributed by atoms with Crippen LogP contribution >= 0.6 is 23.4 Å². The molecule has 0 heterocycles. The van der Waals surface area contributed by atoms with Crippen molar-refractivity contribution < 1.29 is 0 Å². The van der Waals surface area contributed by atoms with Gasteiger partial charge in [-0.05, 0) is 24.0 Å². The van der Waals surface area contributed by atoms with Gasteiger partial charge in [-0.15, -0.1) is 11.8 Å². The summed E-state index contributed by atoms with van der Waals surface area (Å²) in [7, 11) is 0. The van der Waals surface area contributed by atoms with E-state index in [9.17, 15) is 0 Å². The summed E-state index contributed by atoms with van der Waals surface area (Å²) in [5.41, 5.74) is 3.50. The van der Waals surface area contributed by atoms with Gasteiger partial charge in [-0.2, -0.15) is 0 Å². The van der Waals surface area contributed by atoms with E-state index < -0.39 is 0 Å². The van der Waals surface area contributed by atoms with Gasteiger partial charge in [0, 0.05) is 9.92 Å². The van der Waals surface area contributed by atoms with Gasteiger partial charge in [-0.1, -0.05) is 18.5 Å². The van der Waals surface area contributed by atoms with E-state index in [0.29, 0.717) is 5.02 Å². The monoisotopic (exact) mass is 202 g/mol. The molecule has 0 aliphatic rings. The number of nitrogen functional groups attached to an aromatic ring is 1. The average Bonchev–Trinajstić information content (AvgIpc) is 2.08. The lowest BCUT2D eigenvalue weighted by molar-refractivity contribution is 1.29. The zero-order chi connectivity index (χ0) is 8.97. The van der Waals surface area contributed by atoms with Gasteiger partial charge in [0.25, 0.3) is 0 Å². The number of anilines is 1. The van der Waals surface area contributed by atoms with Crippen molar-refractivity contribution in [1.82, 2.24) is 0 Å². The summed E-state index contributed by atoms with van der Waals surface area (Å²) in [5, 5.41) is 0.698.